The first-order chi connectivity index (χ1) is 14.1. The Labute approximate surface area is 181 Å². The number of pyridine rings is 1. The van der Waals surface area contributed by atoms with E-state index in [2.05, 4.69) is 33.2 Å². The summed E-state index contributed by atoms with van der Waals surface area (Å²) in [6, 6.07) is 9.94. The maximum atomic E-state index is 12.9. The van der Waals surface area contributed by atoms with Gasteiger partial charge < -0.3 is 15.1 Å². The molecule has 0 spiro atoms. The molecule has 5 rings (SSSR count). The number of likely N-dealkylation sites (N-methyl/N-ethyl adjacent to an activating group) is 1. The minimum Gasteiger partial charge on any atom is -0.368 e. The highest BCUT2D eigenvalue weighted by Crippen LogP contribution is 2.37. The van der Waals surface area contributed by atoms with Crippen LogP contribution in [0.15, 0.2) is 42.7 Å². The predicted octanol–water partition coefficient (Wildman–Crippen LogP) is 5.17. The van der Waals surface area contributed by atoms with Crippen LogP contribution in [-0.4, -0.2) is 49.0 Å². The van der Waals surface area contributed by atoms with E-state index in [1.54, 1.807) is 0 Å². The summed E-state index contributed by atoms with van der Waals surface area (Å²) < 4.78 is 2.83. The van der Waals surface area contributed by atoms with Crippen LogP contribution in [0.3, 0.4) is 0 Å². The molecule has 4 aromatic rings. The van der Waals surface area contributed by atoms with Crippen molar-refractivity contribution in [2.45, 2.75) is 0 Å². The van der Waals surface area contributed by atoms with E-state index in [0.29, 0.717) is 4.88 Å². The van der Waals surface area contributed by atoms with Crippen molar-refractivity contribution in [2.24, 2.45) is 0 Å². The lowest BCUT2D eigenvalue weighted by Gasteiger charge is -2.34. The van der Waals surface area contributed by atoms with E-state index in [4.69, 9.17) is 11.6 Å². The number of fused-ring (bicyclic) bond motifs is 2. The van der Waals surface area contributed by atoms with Crippen LogP contribution >= 0.6 is 34.3 Å². The van der Waals surface area contributed by atoms with Gasteiger partial charge in [0, 0.05) is 64.4 Å². The Balaban J connectivity index is 1.46. The fraction of sp³-hybridized carbons (Fsp3) is 0.238. The highest BCUT2D eigenvalue weighted by atomic mass is 35.5. The fourth-order valence-corrected chi connectivity index (χ4v) is 6.15. The van der Waals surface area contributed by atoms with Crippen LogP contribution in [0.1, 0.15) is 9.67 Å². The van der Waals surface area contributed by atoms with E-state index in [9.17, 15) is 4.79 Å². The van der Waals surface area contributed by atoms with Crippen molar-refractivity contribution in [3.05, 3.63) is 51.9 Å². The largest absolute Gasteiger partial charge is 0.368 e. The smallest absolute Gasteiger partial charge is 0.265 e. The molecule has 0 bridgehead atoms. The van der Waals surface area contributed by atoms with E-state index in [0.717, 1.165) is 56.4 Å². The third-order valence-corrected chi connectivity index (χ3v) is 7.71. The number of anilines is 2. The van der Waals surface area contributed by atoms with Crippen LogP contribution in [0, 0.1) is 0 Å². The van der Waals surface area contributed by atoms with Crippen molar-refractivity contribution >= 4 is 71.7 Å². The second-order valence-corrected chi connectivity index (χ2v) is 9.99. The van der Waals surface area contributed by atoms with Gasteiger partial charge in [-0.2, -0.15) is 0 Å². The molecular formula is C21H19ClN4OS2. The summed E-state index contributed by atoms with van der Waals surface area (Å²) in [5.74, 6) is -0.105. The third kappa shape index (κ3) is 3.59. The lowest BCUT2D eigenvalue weighted by Crippen LogP contribution is -2.44. The third-order valence-electron chi connectivity index (χ3n) is 5.29. The Morgan fingerprint density at radius 3 is 2.66 bits per heavy atom. The number of aromatic nitrogens is 1. The molecule has 1 aromatic carbocycles. The van der Waals surface area contributed by atoms with Gasteiger partial charge >= 0.3 is 0 Å². The number of rotatable bonds is 3. The van der Waals surface area contributed by atoms with E-state index in [1.165, 1.54) is 28.4 Å². The molecule has 1 aliphatic heterocycles. The van der Waals surface area contributed by atoms with Gasteiger partial charge in [0.25, 0.3) is 5.91 Å². The van der Waals surface area contributed by atoms with Crippen molar-refractivity contribution in [3.63, 3.8) is 0 Å². The standard InChI is InChI=1S/C21H19ClN4OS2/c1-25-6-8-26(9-7-25)16-3-2-15(14-12-23-5-4-13(14)16)24-21(27)19-10-17-18(28-19)11-20(22)29-17/h2-5,10-12H,6-9H2,1H3,(H,24,27). The van der Waals surface area contributed by atoms with Crippen LogP contribution in [0.25, 0.3) is 20.2 Å². The molecule has 1 saturated heterocycles. The van der Waals surface area contributed by atoms with Gasteiger partial charge in [-0.05, 0) is 37.4 Å². The fourth-order valence-electron chi connectivity index (χ4n) is 3.71. The lowest BCUT2D eigenvalue weighted by atomic mass is 10.1. The van der Waals surface area contributed by atoms with Crippen LogP contribution in [0.4, 0.5) is 11.4 Å². The lowest BCUT2D eigenvalue weighted by molar-refractivity contribution is 0.103. The molecule has 1 fully saturated rings. The summed E-state index contributed by atoms with van der Waals surface area (Å²) in [5, 5.41) is 5.15. The summed E-state index contributed by atoms with van der Waals surface area (Å²) >= 11 is 9.01. The molecule has 0 saturated carbocycles. The number of thiophene rings is 2. The normalized spacial score (nSPS) is 15.3. The van der Waals surface area contributed by atoms with Gasteiger partial charge in [0.1, 0.15) is 0 Å². The summed E-state index contributed by atoms with van der Waals surface area (Å²) in [5.41, 5.74) is 1.98. The molecule has 4 heterocycles. The van der Waals surface area contributed by atoms with Gasteiger partial charge in [-0.25, -0.2) is 0 Å². The first-order valence-corrected chi connectivity index (χ1v) is 11.4. The van der Waals surface area contributed by atoms with Crippen LogP contribution < -0.4 is 10.2 Å². The topological polar surface area (TPSA) is 48.5 Å². The summed E-state index contributed by atoms with van der Waals surface area (Å²) in [6.07, 6.45) is 3.64. The molecule has 0 atom stereocenters. The number of halogens is 1. The van der Waals surface area contributed by atoms with Gasteiger partial charge in [-0.15, -0.1) is 22.7 Å². The molecule has 8 heteroatoms. The number of amides is 1. The number of benzene rings is 1. The molecule has 1 aliphatic rings. The summed E-state index contributed by atoms with van der Waals surface area (Å²) in [4.78, 5) is 22.6. The second-order valence-electron chi connectivity index (χ2n) is 7.19. The van der Waals surface area contributed by atoms with Crippen LogP contribution in [-0.2, 0) is 0 Å². The average Bonchev–Trinajstić information content (AvgIpc) is 3.27. The van der Waals surface area contributed by atoms with Crippen molar-refractivity contribution in [2.75, 3.05) is 43.4 Å². The molecule has 148 valence electrons. The number of nitrogens with one attached hydrogen (secondary N) is 1. The number of piperazine rings is 1. The Kier molecular flexibility index (Phi) is 4.91. The number of carbonyl (C=O) groups is 1. The molecule has 3 aromatic heterocycles. The quantitative estimate of drug-likeness (QED) is 0.475. The molecule has 1 N–H and O–H groups in total. The molecule has 1 amide bonds. The number of hydrogen-bond acceptors (Lipinski definition) is 6. The van der Waals surface area contributed by atoms with E-state index in [-0.39, 0.29) is 5.91 Å². The monoisotopic (exact) mass is 442 g/mol. The van der Waals surface area contributed by atoms with Gasteiger partial charge in [-0.1, -0.05) is 11.6 Å². The zero-order valence-corrected chi connectivity index (χ0v) is 18.2. The Bertz CT molecular complexity index is 1180. The first kappa shape index (κ1) is 18.8. The Hall–Kier alpha value is -2.19. The van der Waals surface area contributed by atoms with E-state index < -0.39 is 0 Å². The molecule has 5 nitrogen and oxygen atoms in total. The molecule has 0 aliphatic carbocycles. The zero-order valence-electron chi connectivity index (χ0n) is 15.8. The summed E-state index contributed by atoms with van der Waals surface area (Å²) in [7, 11) is 2.15. The van der Waals surface area contributed by atoms with Gasteiger partial charge in [0.15, 0.2) is 0 Å². The van der Waals surface area contributed by atoms with E-state index >= 15 is 0 Å². The van der Waals surface area contributed by atoms with Crippen LogP contribution in [0.5, 0.6) is 0 Å². The van der Waals surface area contributed by atoms with Gasteiger partial charge in [-0.3, -0.25) is 9.78 Å². The van der Waals surface area contributed by atoms with Gasteiger partial charge in [0.2, 0.25) is 0 Å². The van der Waals surface area contributed by atoms with Crippen LogP contribution in [0.2, 0.25) is 4.34 Å². The SMILES string of the molecule is CN1CCN(c2ccc(NC(=O)c3cc4sc(Cl)cc4s3)c3cnccc23)CC1. The predicted molar refractivity (Wildman–Crippen MR) is 124 cm³/mol. The second kappa shape index (κ2) is 7.57. The van der Waals surface area contributed by atoms with Gasteiger partial charge in [0.05, 0.1) is 14.9 Å². The summed E-state index contributed by atoms with van der Waals surface area (Å²) in [6.45, 7) is 4.08. The minimum atomic E-state index is -0.105. The molecular weight excluding hydrogens is 424 g/mol. The molecule has 29 heavy (non-hydrogen) atoms. The number of carbonyl (C=O) groups excluding carboxylic acids is 1. The highest BCUT2D eigenvalue weighted by Gasteiger charge is 2.19. The van der Waals surface area contributed by atoms with Crippen molar-refractivity contribution in [1.82, 2.24) is 9.88 Å². The molecule has 0 unspecified atom stereocenters. The molecule has 0 radical (unpaired) electrons. The van der Waals surface area contributed by atoms with Crippen molar-refractivity contribution < 1.29 is 4.79 Å². The number of hydrogen-bond donors (Lipinski definition) is 1. The van der Waals surface area contributed by atoms with Crippen molar-refractivity contribution in [1.29, 1.82) is 0 Å². The Morgan fingerprint density at radius 2 is 1.86 bits per heavy atom. The minimum absolute atomic E-state index is 0.105. The maximum absolute atomic E-state index is 12.9. The van der Waals surface area contributed by atoms with E-state index in [1.807, 2.05) is 36.7 Å². The Morgan fingerprint density at radius 1 is 1.07 bits per heavy atom. The zero-order chi connectivity index (χ0) is 20.0. The highest BCUT2D eigenvalue weighted by molar-refractivity contribution is 7.30. The number of nitrogens with zero attached hydrogens (tertiary/aromatic N) is 3. The average molecular weight is 443 g/mol. The maximum Gasteiger partial charge on any atom is 0.265 e. The first-order valence-electron chi connectivity index (χ1n) is 9.39. The van der Waals surface area contributed by atoms with Crippen molar-refractivity contribution in [3.8, 4) is 0 Å².